The largest absolute Gasteiger partial charge is 0.397 e. The second kappa shape index (κ2) is 10.9. The molecule has 32 heavy (non-hydrogen) atoms. The third-order valence-electron chi connectivity index (χ3n) is 4.28. The maximum absolute atomic E-state index is 13.4. The van der Waals surface area contributed by atoms with Crippen LogP contribution in [-0.2, 0) is 9.57 Å². The van der Waals surface area contributed by atoms with E-state index in [1.165, 1.54) is 18.0 Å². The van der Waals surface area contributed by atoms with Crippen molar-refractivity contribution in [3.05, 3.63) is 69.6 Å². The third-order valence-corrected chi connectivity index (χ3v) is 6.19. The number of thioether (sulfide) groups is 1. The molecule has 5 N–H and O–H groups in total. The lowest BCUT2D eigenvalue weighted by Gasteiger charge is -2.39. The molecular formula is C19H18Cl2F3N3O4S. The van der Waals surface area contributed by atoms with Crippen molar-refractivity contribution < 1.29 is 33.1 Å². The molecule has 1 aliphatic rings. The van der Waals surface area contributed by atoms with Crippen molar-refractivity contribution in [1.29, 1.82) is 0 Å². The molecule has 3 rings (SSSR count). The molecule has 174 valence electrons. The van der Waals surface area contributed by atoms with Gasteiger partial charge in [0.05, 0.1) is 22.3 Å². The molecule has 2 unspecified atom stereocenters. The third kappa shape index (κ3) is 6.00. The summed E-state index contributed by atoms with van der Waals surface area (Å²) in [5, 5.41) is 23.1. The van der Waals surface area contributed by atoms with E-state index in [0.29, 0.717) is 20.2 Å². The van der Waals surface area contributed by atoms with Crippen molar-refractivity contribution in [3.8, 4) is 0 Å². The number of ether oxygens (including phenoxy) is 1. The van der Waals surface area contributed by atoms with Crippen LogP contribution >= 0.6 is 35.0 Å². The number of aliphatic hydroxyl groups is 1. The van der Waals surface area contributed by atoms with E-state index in [-0.39, 0.29) is 17.8 Å². The summed E-state index contributed by atoms with van der Waals surface area (Å²) in [7, 11) is 0. The van der Waals surface area contributed by atoms with E-state index in [4.69, 9.17) is 38.5 Å². The van der Waals surface area contributed by atoms with Crippen molar-refractivity contribution in [3.63, 3.8) is 0 Å². The molecule has 13 heteroatoms. The minimum absolute atomic E-state index is 0.0288. The van der Waals surface area contributed by atoms with E-state index in [2.05, 4.69) is 5.32 Å². The quantitative estimate of drug-likeness (QED) is 0.417. The van der Waals surface area contributed by atoms with Crippen LogP contribution in [0.3, 0.4) is 0 Å². The van der Waals surface area contributed by atoms with Gasteiger partial charge in [-0.05, 0) is 35.6 Å². The van der Waals surface area contributed by atoms with Gasteiger partial charge in [0.2, 0.25) is 0 Å². The Hall–Kier alpha value is -1.70. The van der Waals surface area contributed by atoms with E-state index in [0.717, 1.165) is 12.1 Å². The number of benzene rings is 2. The van der Waals surface area contributed by atoms with Crippen molar-refractivity contribution in [1.82, 2.24) is 10.5 Å². The summed E-state index contributed by atoms with van der Waals surface area (Å²) in [4.78, 5) is 6.08. The molecule has 0 bridgehead atoms. The highest BCUT2D eigenvalue weighted by Gasteiger charge is 2.37. The molecule has 2 aromatic carbocycles. The van der Waals surface area contributed by atoms with Gasteiger partial charge in [-0.15, -0.1) is 0 Å². The number of rotatable bonds is 7. The van der Waals surface area contributed by atoms with Gasteiger partial charge in [0.25, 0.3) is 0 Å². The first-order valence-corrected chi connectivity index (χ1v) is 10.7. The molecule has 0 aromatic heterocycles. The van der Waals surface area contributed by atoms with Crippen molar-refractivity contribution in [2.75, 3.05) is 13.2 Å². The van der Waals surface area contributed by atoms with Gasteiger partial charge < -0.3 is 20.9 Å². The lowest BCUT2D eigenvalue weighted by molar-refractivity contribution is -0.457. The molecule has 3 atom stereocenters. The van der Waals surface area contributed by atoms with Crippen molar-refractivity contribution >= 4 is 40.7 Å². The van der Waals surface area contributed by atoms with Gasteiger partial charge >= 0.3 is 0 Å². The summed E-state index contributed by atoms with van der Waals surface area (Å²) < 4.78 is 45.6. The summed E-state index contributed by atoms with van der Waals surface area (Å²) in [6, 6.07) is 6.46. The van der Waals surface area contributed by atoms with Crippen LogP contribution in [0.1, 0.15) is 5.56 Å². The second-order valence-corrected chi connectivity index (χ2v) is 8.53. The Labute approximate surface area is 195 Å². The summed E-state index contributed by atoms with van der Waals surface area (Å²) >= 11 is 13.2. The van der Waals surface area contributed by atoms with Crippen molar-refractivity contribution in [2.45, 2.75) is 22.7 Å². The highest BCUT2D eigenvalue weighted by atomic mass is 35.5. The molecule has 2 aromatic rings. The number of hydrogen-bond acceptors (Lipinski definition) is 8. The minimum Gasteiger partial charge on any atom is -0.397 e. The summed E-state index contributed by atoms with van der Waals surface area (Å²) in [5.74, 6) is -4.33. The number of halogens is 5. The average Bonchev–Trinajstić information content (AvgIpc) is 2.75. The van der Waals surface area contributed by atoms with Crippen LogP contribution in [0.2, 0.25) is 10.0 Å². The molecule has 1 heterocycles. The zero-order valence-corrected chi connectivity index (χ0v) is 18.5. The maximum atomic E-state index is 13.4. The minimum atomic E-state index is -1.59. The fourth-order valence-corrected chi connectivity index (χ4v) is 4.12. The van der Waals surface area contributed by atoms with E-state index in [1.807, 2.05) is 0 Å². The van der Waals surface area contributed by atoms with Crippen LogP contribution in [-0.4, -0.2) is 46.5 Å². The van der Waals surface area contributed by atoms with E-state index in [1.54, 1.807) is 18.2 Å². The molecular weight excluding hydrogens is 494 g/mol. The normalized spacial score (nSPS) is 22.2. The van der Waals surface area contributed by atoms with Crippen molar-refractivity contribution in [2.24, 2.45) is 5.73 Å². The molecule has 1 fully saturated rings. The fourth-order valence-electron chi connectivity index (χ4n) is 2.68. The Morgan fingerprint density at radius 3 is 2.50 bits per heavy atom. The van der Waals surface area contributed by atoms with Crippen LogP contribution in [0.15, 0.2) is 41.4 Å². The fraction of sp³-hybridized carbons (Fsp3) is 0.263. The molecule has 0 saturated carbocycles. The second-order valence-electron chi connectivity index (χ2n) is 6.54. The lowest BCUT2D eigenvalue weighted by atomic mass is 10.1. The van der Waals surface area contributed by atoms with Crippen LogP contribution < -0.4 is 11.1 Å². The number of nitrogens with two attached hydrogens (primary N) is 1. The Bertz CT molecular complexity index is 981. The predicted octanol–water partition coefficient (Wildman–Crippen LogP) is 3.72. The van der Waals surface area contributed by atoms with Crippen LogP contribution in [0.4, 0.5) is 13.2 Å². The molecule has 0 amide bonds. The number of hydrogen-bond donors (Lipinski definition) is 4. The molecule has 1 saturated heterocycles. The standard InChI is InChI=1S/C19H18Cl2F3N3O4S/c20-11-2-1-10(5-12(11)21)32-19-16(31-27(29)17(8-28)30-19)7-26-6-15(25)9-3-13(22)18(24)14(23)4-9/h1-6,16-17,19,26,28-29H,7-8,25H2/b15-6-/t16-,17?,19?/m0/s1. The first-order valence-electron chi connectivity index (χ1n) is 9.06. The van der Waals surface area contributed by atoms with E-state index < -0.39 is 41.8 Å². The average molecular weight is 512 g/mol. The first kappa shape index (κ1) is 24.9. The topological polar surface area (TPSA) is 100 Å². The molecule has 0 spiro atoms. The molecule has 7 nitrogen and oxygen atoms in total. The van der Waals surface area contributed by atoms with Crippen LogP contribution in [0.5, 0.6) is 0 Å². The summed E-state index contributed by atoms with van der Waals surface area (Å²) in [5.41, 5.74) is 4.96. The highest BCUT2D eigenvalue weighted by Crippen LogP contribution is 2.35. The van der Waals surface area contributed by atoms with Gasteiger partial charge in [-0.2, -0.15) is 0 Å². The summed E-state index contributed by atoms with van der Waals surface area (Å²) in [6.07, 6.45) is -0.679. The Morgan fingerprint density at radius 1 is 1.19 bits per heavy atom. The smallest absolute Gasteiger partial charge is 0.194 e. The number of nitrogens with one attached hydrogen (secondary N) is 1. The SMILES string of the molecule is N/C(=C\NC[C@@H]1ON(O)C(CO)OC1Sc1ccc(Cl)c(Cl)c1)c1cc(F)c(F)c(F)c1. The lowest BCUT2D eigenvalue weighted by Crippen LogP contribution is -2.54. The predicted molar refractivity (Wildman–Crippen MR) is 113 cm³/mol. The summed E-state index contributed by atoms with van der Waals surface area (Å²) in [6.45, 7) is -0.509. The van der Waals surface area contributed by atoms with Gasteiger partial charge in [-0.3, -0.25) is 10.0 Å². The number of hydroxylamine groups is 2. The maximum Gasteiger partial charge on any atom is 0.194 e. The van der Waals surface area contributed by atoms with E-state index in [9.17, 15) is 23.5 Å². The Balaban J connectivity index is 1.71. The van der Waals surface area contributed by atoms with Gasteiger partial charge in [-0.25, -0.2) is 13.2 Å². The zero-order chi connectivity index (χ0) is 23.4. The molecule has 1 aliphatic heterocycles. The van der Waals surface area contributed by atoms with Crippen LogP contribution in [0, 0.1) is 17.5 Å². The van der Waals surface area contributed by atoms with Gasteiger partial charge in [0.15, 0.2) is 23.7 Å². The number of aliphatic hydroxyl groups excluding tert-OH is 1. The first-order chi connectivity index (χ1) is 15.2. The molecule has 0 aliphatic carbocycles. The van der Waals surface area contributed by atoms with Gasteiger partial charge in [0.1, 0.15) is 11.5 Å². The molecule has 0 radical (unpaired) electrons. The Morgan fingerprint density at radius 2 is 1.88 bits per heavy atom. The van der Waals surface area contributed by atoms with Gasteiger partial charge in [0, 0.05) is 23.2 Å². The zero-order valence-electron chi connectivity index (χ0n) is 16.1. The van der Waals surface area contributed by atoms with E-state index >= 15 is 0 Å². The highest BCUT2D eigenvalue weighted by molar-refractivity contribution is 7.99. The van der Waals surface area contributed by atoms with Crippen LogP contribution in [0.25, 0.3) is 5.70 Å². The Kier molecular flexibility index (Phi) is 8.53. The monoisotopic (exact) mass is 511 g/mol. The number of nitrogens with zero attached hydrogens (tertiary/aromatic N) is 1. The van der Waals surface area contributed by atoms with Gasteiger partial charge in [-0.1, -0.05) is 35.0 Å².